The molecule has 0 spiro atoms. The quantitative estimate of drug-likeness (QED) is 0.283. The van der Waals surface area contributed by atoms with Crippen molar-refractivity contribution in [2.45, 2.75) is 25.2 Å². The Morgan fingerprint density at radius 3 is 2.17 bits per heavy atom. The Morgan fingerprint density at radius 2 is 1.63 bits per heavy atom. The molecule has 2 aromatic carbocycles. The molecule has 0 fully saturated rings. The van der Waals surface area contributed by atoms with Gasteiger partial charge in [-0.1, -0.05) is 30.3 Å². The second-order valence-corrected chi connectivity index (χ2v) is 6.23. The number of halogens is 3. The predicted octanol–water partition coefficient (Wildman–Crippen LogP) is 2.74. The summed E-state index contributed by atoms with van der Waals surface area (Å²) in [6.07, 6.45) is -6.59. The molecule has 0 aliphatic heterocycles. The third-order valence-corrected chi connectivity index (χ3v) is 3.85. The van der Waals surface area contributed by atoms with Gasteiger partial charge in [-0.05, 0) is 36.8 Å². The van der Waals surface area contributed by atoms with E-state index in [1.807, 2.05) is 0 Å². The van der Waals surface area contributed by atoms with Crippen LogP contribution >= 0.6 is 0 Å². The lowest BCUT2D eigenvalue weighted by Gasteiger charge is -2.30. The summed E-state index contributed by atoms with van der Waals surface area (Å²) in [7, 11) is 0. The molecule has 0 aliphatic carbocycles. The van der Waals surface area contributed by atoms with Crippen LogP contribution in [0, 0.1) is 0 Å². The summed E-state index contributed by atoms with van der Waals surface area (Å²) in [5, 5.41) is 1.55. The van der Waals surface area contributed by atoms with Crippen molar-refractivity contribution in [1.82, 2.24) is 5.32 Å². The smallest absolute Gasteiger partial charge is 0.422 e. The number of rotatable bonds is 6. The number of guanidine groups is 1. The molecular formula is C19H19F3N4O4. The molecule has 1 atom stereocenters. The maximum absolute atomic E-state index is 13.6. The minimum Gasteiger partial charge on any atom is -0.445 e. The standard InChI is InChI=1S/C19H19F3N4O4/c1-18(19(20,21)22,26-17(28)29-11-12-5-3-2-4-6-12)15(27)30-14-9-7-13(8-10-14)25-16(23)24/h2-10H,11H2,1H3,(H,26,28)(H4,23,24,25). The molecule has 160 valence electrons. The number of carbonyl (C=O) groups is 2. The van der Waals surface area contributed by atoms with Gasteiger partial charge in [0.05, 0.1) is 5.69 Å². The van der Waals surface area contributed by atoms with E-state index < -0.39 is 23.8 Å². The molecule has 1 amide bonds. The Morgan fingerprint density at radius 1 is 1.03 bits per heavy atom. The van der Waals surface area contributed by atoms with Crippen LogP contribution < -0.4 is 21.5 Å². The number of aliphatic imine (C=N–C) groups is 1. The van der Waals surface area contributed by atoms with Gasteiger partial charge in [-0.15, -0.1) is 0 Å². The first-order valence-corrected chi connectivity index (χ1v) is 8.49. The number of ether oxygens (including phenoxy) is 2. The lowest BCUT2D eigenvalue weighted by molar-refractivity contribution is -0.202. The number of alkyl halides is 3. The Kier molecular flexibility index (Phi) is 6.88. The van der Waals surface area contributed by atoms with Crippen molar-refractivity contribution in [2.75, 3.05) is 0 Å². The minimum atomic E-state index is -5.16. The number of amides is 1. The van der Waals surface area contributed by atoms with Crippen LogP contribution in [0.3, 0.4) is 0 Å². The summed E-state index contributed by atoms with van der Waals surface area (Å²) in [5.74, 6) is -2.17. The van der Waals surface area contributed by atoms with E-state index in [0.29, 0.717) is 18.2 Å². The first-order valence-electron chi connectivity index (χ1n) is 8.49. The number of hydrogen-bond acceptors (Lipinski definition) is 5. The molecule has 0 radical (unpaired) electrons. The van der Waals surface area contributed by atoms with Crippen LogP contribution in [0.2, 0.25) is 0 Å². The summed E-state index contributed by atoms with van der Waals surface area (Å²) in [6.45, 7) is 0.203. The van der Waals surface area contributed by atoms with Crippen molar-refractivity contribution >= 4 is 23.7 Å². The predicted molar refractivity (Wildman–Crippen MR) is 102 cm³/mol. The van der Waals surface area contributed by atoms with Crippen molar-refractivity contribution in [1.29, 1.82) is 0 Å². The highest BCUT2D eigenvalue weighted by Crippen LogP contribution is 2.32. The third kappa shape index (κ3) is 5.87. The Bertz CT molecular complexity index is 914. The number of alkyl carbamates (subject to hydrolysis) is 1. The van der Waals surface area contributed by atoms with E-state index in [1.54, 1.807) is 35.6 Å². The van der Waals surface area contributed by atoms with Gasteiger partial charge >= 0.3 is 18.2 Å². The highest BCUT2D eigenvalue weighted by atomic mass is 19.4. The van der Waals surface area contributed by atoms with Crippen LogP contribution in [0.25, 0.3) is 0 Å². The van der Waals surface area contributed by atoms with E-state index in [1.165, 1.54) is 24.3 Å². The summed E-state index contributed by atoms with van der Waals surface area (Å²) >= 11 is 0. The average molecular weight is 424 g/mol. The molecule has 2 rings (SSSR count). The lowest BCUT2D eigenvalue weighted by Crippen LogP contribution is -2.63. The van der Waals surface area contributed by atoms with Gasteiger partial charge in [0.25, 0.3) is 0 Å². The topological polar surface area (TPSA) is 129 Å². The SMILES string of the molecule is CC(NC(=O)OCc1ccccc1)(C(=O)Oc1ccc(N=C(N)N)cc1)C(F)(F)F. The van der Waals surface area contributed by atoms with Crippen LogP contribution in [0.5, 0.6) is 5.75 Å². The summed E-state index contributed by atoms with van der Waals surface area (Å²) in [4.78, 5) is 27.9. The van der Waals surface area contributed by atoms with Crippen LogP contribution in [-0.2, 0) is 16.1 Å². The molecule has 11 heteroatoms. The van der Waals surface area contributed by atoms with Gasteiger partial charge in [-0.25, -0.2) is 14.6 Å². The highest BCUT2D eigenvalue weighted by Gasteiger charge is 2.60. The maximum Gasteiger partial charge on any atom is 0.422 e. The molecule has 2 aromatic rings. The Labute approximate surface area is 169 Å². The van der Waals surface area contributed by atoms with Gasteiger partial charge in [-0.2, -0.15) is 13.2 Å². The van der Waals surface area contributed by atoms with E-state index in [-0.39, 0.29) is 18.3 Å². The maximum atomic E-state index is 13.6. The second-order valence-electron chi connectivity index (χ2n) is 6.23. The first kappa shape index (κ1) is 22.5. The van der Waals surface area contributed by atoms with Crippen molar-refractivity contribution < 1.29 is 32.2 Å². The number of benzene rings is 2. The van der Waals surface area contributed by atoms with E-state index in [9.17, 15) is 22.8 Å². The molecule has 0 saturated heterocycles. The number of carbonyl (C=O) groups excluding carboxylic acids is 2. The molecule has 0 aliphatic rings. The van der Waals surface area contributed by atoms with Gasteiger partial charge in [0, 0.05) is 0 Å². The molecule has 0 bridgehead atoms. The van der Waals surface area contributed by atoms with Gasteiger partial charge in [0.2, 0.25) is 5.54 Å². The Hall–Kier alpha value is -3.76. The fourth-order valence-corrected chi connectivity index (χ4v) is 2.15. The molecule has 0 aromatic heterocycles. The van der Waals surface area contributed by atoms with Gasteiger partial charge < -0.3 is 20.9 Å². The largest absolute Gasteiger partial charge is 0.445 e. The van der Waals surface area contributed by atoms with E-state index >= 15 is 0 Å². The first-order chi connectivity index (χ1) is 14.0. The second kappa shape index (κ2) is 9.16. The molecule has 8 nitrogen and oxygen atoms in total. The van der Waals surface area contributed by atoms with E-state index in [0.717, 1.165) is 0 Å². The van der Waals surface area contributed by atoms with Gasteiger partial charge in [-0.3, -0.25) is 5.32 Å². The highest BCUT2D eigenvalue weighted by molar-refractivity contribution is 5.88. The van der Waals surface area contributed by atoms with Crippen molar-refractivity contribution in [3.05, 3.63) is 60.2 Å². The Balaban J connectivity index is 2.10. The van der Waals surface area contributed by atoms with E-state index in [2.05, 4.69) is 4.99 Å². The molecule has 5 N–H and O–H groups in total. The molecule has 30 heavy (non-hydrogen) atoms. The van der Waals surface area contributed by atoms with Gasteiger partial charge in [0.15, 0.2) is 5.96 Å². The number of esters is 1. The van der Waals surface area contributed by atoms with E-state index in [4.69, 9.17) is 20.9 Å². The summed E-state index contributed by atoms with van der Waals surface area (Å²) < 4.78 is 50.3. The lowest BCUT2D eigenvalue weighted by atomic mass is 10.0. The number of hydrogen-bond donors (Lipinski definition) is 3. The normalized spacial score (nSPS) is 12.9. The average Bonchev–Trinajstić information content (AvgIpc) is 2.67. The number of nitrogens with two attached hydrogens (primary N) is 2. The van der Waals surface area contributed by atoms with Crippen LogP contribution in [0.1, 0.15) is 12.5 Å². The zero-order valence-corrected chi connectivity index (χ0v) is 15.8. The van der Waals surface area contributed by atoms with Crippen molar-refractivity contribution in [3.8, 4) is 5.75 Å². The van der Waals surface area contributed by atoms with Crippen LogP contribution in [0.15, 0.2) is 59.6 Å². The summed E-state index contributed by atoms with van der Waals surface area (Å²) in [6, 6.07) is 13.4. The molecule has 0 heterocycles. The van der Waals surface area contributed by atoms with Crippen LogP contribution in [0.4, 0.5) is 23.7 Å². The molecular weight excluding hydrogens is 405 g/mol. The zero-order valence-electron chi connectivity index (χ0n) is 15.8. The zero-order chi connectivity index (χ0) is 22.4. The fourth-order valence-electron chi connectivity index (χ4n) is 2.15. The number of nitrogens with one attached hydrogen (secondary N) is 1. The minimum absolute atomic E-state index is 0.204. The number of nitrogens with zero attached hydrogens (tertiary/aromatic N) is 1. The molecule has 1 unspecified atom stereocenters. The van der Waals surface area contributed by atoms with Crippen molar-refractivity contribution in [2.24, 2.45) is 16.5 Å². The van der Waals surface area contributed by atoms with Gasteiger partial charge in [0.1, 0.15) is 12.4 Å². The summed E-state index contributed by atoms with van der Waals surface area (Å²) in [5.41, 5.74) is 7.96. The molecule has 0 saturated carbocycles. The third-order valence-electron chi connectivity index (χ3n) is 3.85. The van der Waals surface area contributed by atoms with Crippen LogP contribution in [-0.4, -0.2) is 29.7 Å². The van der Waals surface area contributed by atoms with Crippen molar-refractivity contribution in [3.63, 3.8) is 0 Å². The monoisotopic (exact) mass is 424 g/mol. The fraction of sp³-hybridized carbons (Fsp3) is 0.211.